The van der Waals surface area contributed by atoms with Gasteiger partial charge in [-0.15, -0.1) is 5.10 Å². The normalized spacial score (nSPS) is 18.7. The summed E-state index contributed by atoms with van der Waals surface area (Å²) in [6, 6.07) is 9.73. The van der Waals surface area contributed by atoms with Crippen LogP contribution in [0.3, 0.4) is 0 Å². The van der Waals surface area contributed by atoms with E-state index in [0.29, 0.717) is 36.9 Å². The van der Waals surface area contributed by atoms with Crippen molar-refractivity contribution in [3.63, 3.8) is 0 Å². The Morgan fingerprint density at radius 1 is 1.10 bits per heavy atom. The van der Waals surface area contributed by atoms with Gasteiger partial charge in [-0.3, -0.25) is 9.69 Å². The highest BCUT2D eigenvalue weighted by Crippen LogP contribution is 2.35. The monoisotopic (exact) mass is 447 g/mol. The number of aromatic nitrogens is 1. The number of halogens is 1. The standard InChI is InChI=1S/C20H22ClN5O3S/c1-2-10-24-11-13-25(14-12-24)20(27)19-23-26(16-7-5-15(21)6-8-16)18-17(30(19,28)29)4-3-9-22-18/h3-9H,2,10-14H2,1H3. The first-order valence-electron chi connectivity index (χ1n) is 9.78. The van der Waals surface area contributed by atoms with Gasteiger partial charge < -0.3 is 4.90 Å². The number of hydrazone groups is 1. The summed E-state index contributed by atoms with van der Waals surface area (Å²) >= 11 is 5.98. The fraction of sp³-hybridized carbons (Fsp3) is 0.350. The van der Waals surface area contributed by atoms with Gasteiger partial charge in [0.1, 0.15) is 4.90 Å². The third-order valence-electron chi connectivity index (χ3n) is 5.14. The highest BCUT2D eigenvalue weighted by Gasteiger charge is 2.41. The molecule has 0 saturated carbocycles. The molecule has 1 aromatic carbocycles. The second-order valence-corrected chi connectivity index (χ2v) is 9.43. The SMILES string of the molecule is CCCN1CCN(C(=O)C2=NN(c3ccc(Cl)cc3)c3ncccc3S2(=O)=O)CC1. The molecule has 1 aromatic heterocycles. The summed E-state index contributed by atoms with van der Waals surface area (Å²) in [6.07, 6.45) is 2.53. The Balaban J connectivity index is 1.71. The number of piperazine rings is 1. The van der Waals surface area contributed by atoms with E-state index < -0.39 is 20.8 Å². The Labute approximate surface area is 180 Å². The van der Waals surface area contributed by atoms with Crippen LogP contribution in [0, 0.1) is 0 Å². The second kappa shape index (κ2) is 8.33. The zero-order valence-electron chi connectivity index (χ0n) is 16.5. The third kappa shape index (κ3) is 3.80. The highest BCUT2D eigenvalue weighted by molar-refractivity contribution is 8.08. The van der Waals surface area contributed by atoms with Gasteiger partial charge in [0.25, 0.3) is 5.91 Å². The van der Waals surface area contributed by atoms with Gasteiger partial charge in [-0.25, -0.2) is 18.4 Å². The number of hydrogen-bond donors (Lipinski definition) is 0. The molecule has 30 heavy (non-hydrogen) atoms. The molecule has 8 nitrogen and oxygen atoms in total. The van der Waals surface area contributed by atoms with Gasteiger partial charge in [0.2, 0.25) is 14.9 Å². The Morgan fingerprint density at radius 3 is 2.47 bits per heavy atom. The van der Waals surface area contributed by atoms with Crippen LogP contribution in [0.5, 0.6) is 0 Å². The number of carbonyl (C=O) groups is 1. The van der Waals surface area contributed by atoms with Crippen LogP contribution < -0.4 is 5.01 Å². The van der Waals surface area contributed by atoms with Crippen molar-refractivity contribution in [3.8, 4) is 0 Å². The lowest BCUT2D eigenvalue weighted by Gasteiger charge is -2.35. The first kappa shape index (κ1) is 20.8. The van der Waals surface area contributed by atoms with Gasteiger partial charge in [-0.1, -0.05) is 18.5 Å². The number of fused-ring (bicyclic) bond motifs is 1. The molecule has 1 amide bonds. The maximum atomic E-state index is 13.2. The number of benzene rings is 1. The molecule has 1 saturated heterocycles. The number of nitrogens with zero attached hydrogens (tertiary/aromatic N) is 5. The summed E-state index contributed by atoms with van der Waals surface area (Å²) in [5.74, 6) is -0.427. The van der Waals surface area contributed by atoms with Crippen molar-refractivity contribution in [3.05, 3.63) is 47.6 Å². The quantitative estimate of drug-likeness (QED) is 0.715. The summed E-state index contributed by atoms with van der Waals surface area (Å²) in [7, 11) is -4.09. The minimum Gasteiger partial charge on any atom is -0.334 e. The summed E-state index contributed by atoms with van der Waals surface area (Å²) in [6.45, 7) is 5.43. The van der Waals surface area contributed by atoms with Crippen molar-refractivity contribution in [2.24, 2.45) is 5.10 Å². The number of carbonyl (C=O) groups excluding carboxylic acids is 1. The molecule has 0 radical (unpaired) electrons. The van der Waals surface area contributed by atoms with Crippen molar-refractivity contribution < 1.29 is 13.2 Å². The van der Waals surface area contributed by atoms with Crippen LogP contribution in [0.1, 0.15) is 13.3 Å². The van der Waals surface area contributed by atoms with E-state index in [2.05, 4.69) is 21.9 Å². The molecule has 158 valence electrons. The van der Waals surface area contributed by atoms with E-state index in [-0.39, 0.29) is 10.7 Å². The van der Waals surface area contributed by atoms with E-state index >= 15 is 0 Å². The van der Waals surface area contributed by atoms with Crippen LogP contribution in [0.15, 0.2) is 52.6 Å². The number of rotatable bonds is 4. The fourth-order valence-corrected chi connectivity index (χ4v) is 5.11. The van der Waals surface area contributed by atoms with Crippen LogP contribution in [-0.4, -0.2) is 66.9 Å². The molecule has 2 aliphatic heterocycles. The molecule has 0 bridgehead atoms. The van der Waals surface area contributed by atoms with E-state index in [4.69, 9.17) is 11.6 Å². The molecule has 0 spiro atoms. The zero-order chi connectivity index (χ0) is 21.3. The molecule has 3 heterocycles. The number of anilines is 2. The minimum absolute atomic E-state index is 0.0390. The van der Waals surface area contributed by atoms with E-state index in [0.717, 1.165) is 13.0 Å². The molecule has 0 atom stereocenters. The number of amides is 1. The maximum absolute atomic E-state index is 13.2. The first-order valence-corrected chi connectivity index (χ1v) is 11.6. The Kier molecular flexibility index (Phi) is 5.77. The van der Waals surface area contributed by atoms with Crippen molar-refractivity contribution in [2.75, 3.05) is 37.7 Å². The minimum atomic E-state index is -4.09. The summed E-state index contributed by atoms with van der Waals surface area (Å²) in [5.41, 5.74) is 0.562. The molecule has 2 aliphatic rings. The van der Waals surface area contributed by atoms with Crippen LogP contribution in [0.25, 0.3) is 0 Å². The van der Waals surface area contributed by atoms with Crippen molar-refractivity contribution in [2.45, 2.75) is 18.2 Å². The van der Waals surface area contributed by atoms with Crippen LogP contribution in [0.4, 0.5) is 11.5 Å². The predicted octanol–water partition coefficient (Wildman–Crippen LogP) is 2.53. The molecule has 4 rings (SSSR count). The molecule has 0 unspecified atom stereocenters. The molecular formula is C20H22ClN5O3S. The lowest BCUT2D eigenvalue weighted by Crippen LogP contribution is -2.52. The van der Waals surface area contributed by atoms with E-state index in [1.165, 1.54) is 23.3 Å². The predicted molar refractivity (Wildman–Crippen MR) is 116 cm³/mol. The van der Waals surface area contributed by atoms with Gasteiger partial charge in [-0.05, 0) is 49.4 Å². The van der Waals surface area contributed by atoms with Crippen molar-refractivity contribution in [1.82, 2.24) is 14.8 Å². The van der Waals surface area contributed by atoms with Gasteiger partial charge in [0.15, 0.2) is 5.82 Å². The summed E-state index contributed by atoms with van der Waals surface area (Å²) in [5, 5.41) is 5.69. The van der Waals surface area contributed by atoms with Gasteiger partial charge in [0.05, 0.1) is 5.69 Å². The third-order valence-corrected chi connectivity index (χ3v) is 7.05. The van der Waals surface area contributed by atoms with Crippen LogP contribution in [-0.2, 0) is 14.6 Å². The highest BCUT2D eigenvalue weighted by atomic mass is 35.5. The van der Waals surface area contributed by atoms with Gasteiger partial charge >= 0.3 is 0 Å². The maximum Gasteiger partial charge on any atom is 0.286 e. The Morgan fingerprint density at radius 2 is 1.80 bits per heavy atom. The van der Waals surface area contributed by atoms with Crippen molar-refractivity contribution in [1.29, 1.82) is 0 Å². The molecule has 0 N–H and O–H groups in total. The summed E-state index contributed by atoms with van der Waals surface area (Å²) < 4.78 is 26.4. The first-order chi connectivity index (χ1) is 14.4. The second-order valence-electron chi connectivity index (χ2n) is 7.16. The Bertz CT molecular complexity index is 1080. The van der Waals surface area contributed by atoms with Gasteiger partial charge in [-0.2, -0.15) is 0 Å². The smallest absolute Gasteiger partial charge is 0.286 e. The number of pyridine rings is 1. The Hall–Kier alpha value is -2.49. The average molecular weight is 448 g/mol. The molecule has 10 heteroatoms. The molecule has 2 aromatic rings. The fourth-order valence-electron chi connectivity index (χ4n) is 3.59. The summed E-state index contributed by atoms with van der Waals surface area (Å²) in [4.78, 5) is 21.2. The lowest BCUT2D eigenvalue weighted by atomic mass is 10.3. The largest absolute Gasteiger partial charge is 0.334 e. The molecular weight excluding hydrogens is 426 g/mol. The van der Waals surface area contributed by atoms with E-state index in [1.54, 1.807) is 29.2 Å². The van der Waals surface area contributed by atoms with Crippen LogP contribution in [0.2, 0.25) is 5.02 Å². The molecule has 0 aliphatic carbocycles. The van der Waals surface area contributed by atoms with Crippen LogP contribution >= 0.6 is 11.6 Å². The lowest BCUT2D eigenvalue weighted by molar-refractivity contribution is -0.125. The van der Waals surface area contributed by atoms with Crippen molar-refractivity contribution >= 4 is 43.9 Å². The molecule has 1 fully saturated rings. The number of hydrogen-bond acceptors (Lipinski definition) is 7. The van der Waals surface area contributed by atoms with E-state index in [9.17, 15) is 13.2 Å². The zero-order valence-corrected chi connectivity index (χ0v) is 18.1. The number of sulfone groups is 1. The van der Waals surface area contributed by atoms with E-state index in [1.807, 2.05) is 0 Å². The van der Waals surface area contributed by atoms with Gasteiger partial charge in [0, 0.05) is 37.4 Å². The topological polar surface area (TPSA) is 86.2 Å². The average Bonchev–Trinajstić information content (AvgIpc) is 2.75.